The van der Waals surface area contributed by atoms with Gasteiger partial charge in [0, 0.05) is 11.9 Å². The molecule has 0 saturated heterocycles. The molecule has 1 amide bonds. The van der Waals surface area contributed by atoms with Crippen LogP contribution < -0.4 is 19.5 Å². The van der Waals surface area contributed by atoms with Gasteiger partial charge >= 0.3 is 0 Å². The van der Waals surface area contributed by atoms with Crippen LogP contribution in [0.5, 0.6) is 17.2 Å². The lowest BCUT2D eigenvalue weighted by molar-refractivity contribution is 0.0944. The Morgan fingerprint density at radius 3 is 2.23 bits per heavy atom. The summed E-state index contributed by atoms with van der Waals surface area (Å²) in [6.07, 6.45) is 1.45. The van der Waals surface area contributed by atoms with E-state index >= 15 is 0 Å². The number of carbonyl (C=O) groups is 1. The number of pyridine rings is 1. The summed E-state index contributed by atoms with van der Waals surface area (Å²) in [5.74, 6) is 1.35. The maximum atomic E-state index is 12.7. The third-order valence-corrected chi connectivity index (χ3v) is 4.66. The van der Waals surface area contributed by atoms with E-state index in [1.54, 1.807) is 28.9 Å². The Kier molecular flexibility index (Phi) is 6.40. The molecule has 1 unspecified atom stereocenters. The molecule has 1 aromatic carbocycles. The Bertz CT molecular complexity index is 1110. The second kappa shape index (κ2) is 9.17. The third-order valence-electron chi connectivity index (χ3n) is 4.66. The number of aromatic nitrogens is 3. The molecule has 1 N–H and O–H groups in total. The fourth-order valence-electron chi connectivity index (χ4n) is 3.18. The quantitative estimate of drug-likeness (QED) is 0.624. The predicted octanol–water partition coefficient (Wildman–Crippen LogP) is 2.90. The van der Waals surface area contributed by atoms with Crippen LogP contribution >= 0.6 is 0 Å². The SMILES string of the molecule is COc1cc(C(C#N)NC(=O)c2ccc(-n3nc(C)cc3C)nc2)cc(OC)c1OC. The number of hydrogen-bond donors (Lipinski definition) is 1. The van der Waals surface area contributed by atoms with Crippen molar-refractivity contribution in [3.8, 4) is 29.1 Å². The first-order valence-electron chi connectivity index (χ1n) is 9.41. The summed E-state index contributed by atoms with van der Waals surface area (Å²) in [7, 11) is 4.46. The number of benzene rings is 1. The maximum absolute atomic E-state index is 12.7. The molecule has 0 aliphatic carbocycles. The molecule has 1 atom stereocenters. The zero-order valence-electron chi connectivity index (χ0n) is 18.0. The monoisotopic (exact) mass is 421 g/mol. The van der Waals surface area contributed by atoms with Crippen molar-refractivity contribution in [3.05, 3.63) is 59.0 Å². The molecule has 0 fully saturated rings. The van der Waals surface area contributed by atoms with Crippen LogP contribution in [0.25, 0.3) is 5.82 Å². The van der Waals surface area contributed by atoms with Crippen LogP contribution in [-0.2, 0) is 0 Å². The van der Waals surface area contributed by atoms with Gasteiger partial charge in [-0.3, -0.25) is 4.79 Å². The van der Waals surface area contributed by atoms with E-state index in [2.05, 4.69) is 21.5 Å². The zero-order chi connectivity index (χ0) is 22.5. The summed E-state index contributed by atoms with van der Waals surface area (Å²) in [4.78, 5) is 17.1. The average molecular weight is 421 g/mol. The molecule has 0 bridgehead atoms. The molecule has 31 heavy (non-hydrogen) atoms. The van der Waals surface area contributed by atoms with Crippen molar-refractivity contribution in [2.45, 2.75) is 19.9 Å². The van der Waals surface area contributed by atoms with Crippen LogP contribution in [0.1, 0.15) is 33.4 Å². The van der Waals surface area contributed by atoms with Crippen LogP contribution in [0.3, 0.4) is 0 Å². The predicted molar refractivity (Wildman–Crippen MR) is 113 cm³/mol. The summed E-state index contributed by atoms with van der Waals surface area (Å²) < 4.78 is 17.6. The average Bonchev–Trinajstić information content (AvgIpc) is 3.13. The number of rotatable bonds is 7. The van der Waals surface area contributed by atoms with Gasteiger partial charge in [-0.2, -0.15) is 10.4 Å². The van der Waals surface area contributed by atoms with Gasteiger partial charge in [-0.05, 0) is 49.7 Å². The molecule has 3 rings (SSSR count). The van der Waals surface area contributed by atoms with Gasteiger partial charge in [0.2, 0.25) is 5.75 Å². The van der Waals surface area contributed by atoms with Crippen LogP contribution in [0.2, 0.25) is 0 Å². The normalized spacial score (nSPS) is 11.4. The summed E-state index contributed by atoms with van der Waals surface area (Å²) in [6, 6.07) is 9.69. The topological polar surface area (TPSA) is 111 Å². The van der Waals surface area contributed by atoms with Crippen molar-refractivity contribution in [1.82, 2.24) is 20.1 Å². The highest BCUT2D eigenvalue weighted by molar-refractivity contribution is 5.94. The lowest BCUT2D eigenvalue weighted by Gasteiger charge is -2.17. The van der Waals surface area contributed by atoms with Gasteiger partial charge < -0.3 is 19.5 Å². The fourth-order valence-corrected chi connectivity index (χ4v) is 3.18. The number of nitrogens with one attached hydrogen (secondary N) is 1. The van der Waals surface area contributed by atoms with Crippen molar-refractivity contribution in [3.63, 3.8) is 0 Å². The molecule has 0 saturated carbocycles. The molecule has 0 spiro atoms. The number of ether oxygens (including phenoxy) is 3. The molecule has 0 aliphatic rings. The first-order valence-corrected chi connectivity index (χ1v) is 9.41. The van der Waals surface area contributed by atoms with Gasteiger partial charge in [0.15, 0.2) is 17.3 Å². The lowest BCUT2D eigenvalue weighted by Crippen LogP contribution is -2.27. The highest BCUT2D eigenvalue weighted by Gasteiger charge is 2.21. The molecule has 9 heteroatoms. The van der Waals surface area contributed by atoms with Crippen molar-refractivity contribution in [2.75, 3.05) is 21.3 Å². The van der Waals surface area contributed by atoms with E-state index in [1.165, 1.54) is 27.5 Å². The third kappa shape index (κ3) is 4.43. The number of carbonyl (C=O) groups excluding carboxylic acids is 1. The fraction of sp³-hybridized carbons (Fsp3) is 0.273. The molecular weight excluding hydrogens is 398 g/mol. The number of aryl methyl sites for hydroxylation is 2. The summed E-state index contributed by atoms with van der Waals surface area (Å²) in [5.41, 5.74) is 2.63. The minimum absolute atomic E-state index is 0.318. The number of methoxy groups -OCH3 is 3. The second-order valence-electron chi connectivity index (χ2n) is 6.74. The highest BCUT2D eigenvalue weighted by atomic mass is 16.5. The standard InChI is InChI=1S/C22H23N5O4/c1-13-8-14(2)27(26-13)20-7-6-15(12-24-20)22(28)25-17(11-23)16-9-18(29-3)21(31-5)19(10-16)30-4/h6-10,12,17H,1-5H3,(H,25,28). The lowest BCUT2D eigenvalue weighted by atomic mass is 10.1. The van der Waals surface area contributed by atoms with Crippen molar-refractivity contribution < 1.29 is 19.0 Å². The first-order chi connectivity index (χ1) is 14.9. The summed E-state index contributed by atoms with van der Waals surface area (Å²) >= 11 is 0. The van der Waals surface area contributed by atoms with Gasteiger partial charge in [0.25, 0.3) is 5.91 Å². The molecule has 2 aromatic heterocycles. The van der Waals surface area contributed by atoms with Crippen molar-refractivity contribution in [2.24, 2.45) is 0 Å². The molecular formula is C22H23N5O4. The number of amides is 1. The van der Waals surface area contributed by atoms with Crippen molar-refractivity contribution in [1.29, 1.82) is 5.26 Å². The minimum atomic E-state index is -0.933. The smallest absolute Gasteiger partial charge is 0.254 e. The minimum Gasteiger partial charge on any atom is -0.493 e. The van der Waals surface area contributed by atoms with E-state index in [9.17, 15) is 10.1 Å². The Morgan fingerprint density at radius 2 is 1.77 bits per heavy atom. The molecule has 160 valence electrons. The first kappa shape index (κ1) is 21.6. The van der Waals surface area contributed by atoms with E-state index < -0.39 is 11.9 Å². The molecule has 0 radical (unpaired) electrons. The second-order valence-corrected chi connectivity index (χ2v) is 6.74. The van der Waals surface area contributed by atoms with E-state index in [1.807, 2.05) is 19.9 Å². The van der Waals surface area contributed by atoms with Gasteiger partial charge in [0.05, 0.1) is 38.7 Å². The maximum Gasteiger partial charge on any atom is 0.254 e. The molecule has 9 nitrogen and oxygen atoms in total. The Morgan fingerprint density at radius 1 is 1.10 bits per heavy atom. The van der Waals surface area contributed by atoms with E-state index in [4.69, 9.17) is 14.2 Å². The van der Waals surface area contributed by atoms with Crippen LogP contribution in [0, 0.1) is 25.2 Å². The highest BCUT2D eigenvalue weighted by Crippen LogP contribution is 2.39. The van der Waals surface area contributed by atoms with Gasteiger partial charge in [-0.25, -0.2) is 9.67 Å². The summed E-state index contributed by atoms with van der Waals surface area (Å²) in [5, 5.41) is 16.7. The number of hydrogen-bond acceptors (Lipinski definition) is 7. The Balaban J connectivity index is 1.83. The van der Waals surface area contributed by atoms with Crippen LogP contribution in [0.4, 0.5) is 0 Å². The van der Waals surface area contributed by atoms with E-state index in [-0.39, 0.29) is 0 Å². The van der Waals surface area contributed by atoms with E-state index in [0.717, 1.165) is 11.4 Å². The van der Waals surface area contributed by atoms with Crippen LogP contribution in [0.15, 0.2) is 36.5 Å². The molecule has 2 heterocycles. The van der Waals surface area contributed by atoms with Gasteiger partial charge in [0.1, 0.15) is 6.04 Å². The van der Waals surface area contributed by atoms with Crippen LogP contribution in [-0.4, -0.2) is 42.0 Å². The molecule has 3 aromatic rings. The molecule has 0 aliphatic heterocycles. The Labute approximate surface area is 180 Å². The van der Waals surface area contributed by atoms with Gasteiger partial charge in [-0.1, -0.05) is 0 Å². The summed E-state index contributed by atoms with van der Waals surface area (Å²) in [6.45, 7) is 3.83. The zero-order valence-corrected chi connectivity index (χ0v) is 18.0. The number of nitriles is 1. The van der Waals surface area contributed by atoms with Crippen molar-refractivity contribution >= 4 is 5.91 Å². The largest absolute Gasteiger partial charge is 0.493 e. The Hall–Kier alpha value is -4.06. The van der Waals surface area contributed by atoms with E-state index in [0.29, 0.717) is 34.2 Å². The van der Waals surface area contributed by atoms with Gasteiger partial charge in [-0.15, -0.1) is 0 Å². The number of nitrogens with zero attached hydrogens (tertiary/aromatic N) is 4.